The van der Waals surface area contributed by atoms with Crippen LogP contribution in [0.2, 0.25) is 0 Å². The molecule has 0 aliphatic heterocycles. The largest absolute Gasteiger partial charge is 0.465 e. The van der Waals surface area contributed by atoms with Crippen LogP contribution in [-0.4, -0.2) is 18.3 Å². The Hall–Kier alpha value is -1.55. The number of carbonyl (C=O) groups is 2. The summed E-state index contributed by atoms with van der Waals surface area (Å²) in [6.07, 6.45) is 0. The van der Waals surface area contributed by atoms with E-state index in [0.717, 1.165) is 0 Å². The van der Waals surface area contributed by atoms with Crippen LogP contribution in [0.1, 0.15) is 20.7 Å². The Labute approximate surface area is 85.6 Å². The minimum atomic E-state index is -0.654. The number of nitrogen functional groups attached to an aromatic ring is 1. The van der Waals surface area contributed by atoms with Crippen molar-refractivity contribution in [2.24, 2.45) is 0 Å². The molecule has 74 valence electrons. The highest BCUT2D eigenvalue weighted by atomic mass is 35.5. The van der Waals surface area contributed by atoms with Gasteiger partial charge in [-0.1, -0.05) is 0 Å². The highest BCUT2D eigenvalue weighted by molar-refractivity contribution is 6.68. The molecule has 0 atom stereocenters. The molecule has 0 bridgehead atoms. The van der Waals surface area contributed by atoms with Crippen molar-refractivity contribution in [1.82, 2.24) is 0 Å². The number of methoxy groups -OCH3 is 1. The van der Waals surface area contributed by atoms with E-state index in [1.165, 1.54) is 25.3 Å². The zero-order valence-electron chi connectivity index (χ0n) is 7.41. The van der Waals surface area contributed by atoms with Gasteiger partial charge in [0.2, 0.25) is 0 Å². The van der Waals surface area contributed by atoms with Crippen LogP contribution in [0.15, 0.2) is 18.2 Å². The van der Waals surface area contributed by atoms with Gasteiger partial charge in [0.15, 0.2) is 0 Å². The zero-order valence-corrected chi connectivity index (χ0v) is 8.17. The summed E-state index contributed by atoms with van der Waals surface area (Å²) in [6, 6.07) is 4.16. The molecular formula is C9H8ClNO3. The molecule has 2 N–H and O–H groups in total. The number of hydrogen-bond donors (Lipinski definition) is 1. The third-order valence-electron chi connectivity index (χ3n) is 1.68. The fraction of sp³-hybridized carbons (Fsp3) is 0.111. The Morgan fingerprint density at radius 1 is 1.43 bits per heavy atom. The number of halogens is 1. The van der Waals surface area contributed by atoms with Crippen molar-refractivity contribution in [2.45, 2.75) is 0 Å². The zero-order chi connectivity index (χ0) is 10.7. The number of carbonyl (C=O) groups excluding carboxylic acids is 2. The maximum Gasteiger partial charge on any atom is 0.337 e. The van der Waals surface area contributed by atoms with Gasteiger partial charge in [-0.25, -0.2) is 4.79 Å². The molecule has 0 saturated carbocycles. The van der Waals surface area contributed by atoms with Crippen LogP contribution in [0.25, 0.3) is 0 Å². The molecule has 1 aromatic rings. The topological polar surface area (TPSA) is 69.4 Å². The summed E-state index contributed by atoms with van der Waals surface area (Å²) in [6.45, 7) is 0. The van der Waals surface area contributed by atoms with E-state index >= 15 is 0 Å². The van der Waals surface area contributed by atoms with Gasteiger partial charge in [-0.3, -0.25) is 4.79 Å². The molecule has 0 spiro atoms. The Kier molecular flexibility index (Phi) is 3.09. The third-order valence-corrected chi connectivity index (χ3v) is 1.89. The van der Waals surface area contributed by atoms with E-state index < -0.39 is 11.2 Å². The molecule has 0 unspecified atom stereocenters. The van der Waals surface area contributed by atoms with Crippen LogP contribution in [0.4, 0.5) is 5.69 Å². The van der Waals surface area contributed by atoms with Gasteiger partial charge < -0.3 is 10.5 Å². The van der Waals surface area contributed by atoms with Crippen LogP contribution < -0.4 is 5.73 Å². The quantitative estimate of drug-likeness (QED) is 0.459. The molecule has 4 nitrogen and oxygen atoms in total. The molecule has 0 aromatic heterocycles. The smallest absolute Gasteiger partial charge is 0.337 e. The van der Waals surface area contributed by atoms with Crippen molar-refractivity contribution >= 4 is 28.5 Å². The lowest BCUT2D eigenvalue weighted by Crippen LogP contribution is -2.04. The predicted octanol–water partition coefficient (Wildman–Crippen LogP) is 1.43. The highest BCUT2D eigenvalue weighted by Crippen LogP contribution is 2.16. The van der Waals surface area contributed by atoms with Crippen LogP contribution >= 0.6 is 11.6 Å². The van der Waals surface area contributed by atoms with Crippen LogP contribution in [0.5, 0.6) is 0 Å². The Morgan fingerprint density at radius 2 is 2.07 bits per heavy atom. The Bertz CT molecular complexity index is 390. The second-order valence-corrected chi connectivity index (χ2v) is 2.91. The summed E-state index contributed by atoms with van der Waals surface area (Å²) in [5.74, 6) is -0.509. The van der Waals surface area contributed by atoms with Crippen LogP contribution in [0.3, 0.4) is 0 Å². The van der Waals surface area contributed by atoms with Gasteiger partial charge in [-0.15, -0.1) is 0 Å². The van der Waals surface area contributed by atoms with Crippen molar-refractivity contribution < 1.29 is 14.3 Å². The first-order valence-electron chi connectivity index (χ1n) is 3.74. The van der Waals surface area contributed by atoms with Crippen molar-refractivity contribution in [3.63, 3.8) is 0 Å². The average molecular weight is 214 g/mol. The van der Waals surface area contributed by atoms with Gasteiger partial charge in [-0.05, 0) is 29.8 Å². The molecular weight excluding hydrogens is 206 g/mol. The summed E-state index contributed by atoms with van der Waals surface area (Å²) < 4.78 is 4.48. The number of esters is 1. The molecule has 1 aromatic carbocycles. The number of benzene rings is 1. The second kappa shape index (κ2) is 4.11. The van der Waals surface area contributed by atoms with Crippen LogP contribution in [-0.2, 0) is 4.74 Å². The summed E-state index contributed by atoms with van der Waals surface area (Å²) in [7, 11) is 1.26. The Morgan fingerprint density at radius 3 is 2.50 bits per heavy atom. The molecule has 0 radical (unpaired) electrons. The average Bonchev–Trinajstić information content (AvgIpc) is 2.15. The second-order valence-electron chi connectivity index (χ2n) is 2.57. The first-order valence-corrected chi connectivity index (χ1v) is 4.11. The summed E-state index contributed by atoms with van der Waals surface area (Å²) in [5, 5.41) is -0.654. The molecule has 0 aliphatic carbocycles. The molecule has 1 rings (SSSR count). The molecule has 14 heavy (non-hydrogen) atoms. The highest BCUT2D eigenvalue weighted by Gasteiger charge is 2.11. The van der Waals surface area contributed by atoms with E-state index in [2.05, 4.69) is 4.74 Å². The maximum absolute atomic E-state index is 11.1. The molecule has 0 saturated heterocycles. The number of rotatable bonds is 2. The summed E-state index contributed by atoms with van der Waals surface area (Å²) in [4.78, 5) is 21.8. The van der Waals surface area contributed by atoms with E-state index in [9.17, 15) is 9.59 Å². The van der Waals surface area contributed by atoms with Crippen molar-refractivity contribution in [2.75, 3.05) is 12.8 Å². The molecule has 0 fully saturated rings. The molecule has 5 heteroatoms. The van der Waals surface area contributed by atoms with Crippen molar-refractivity contribution in [3.05, 3.63) is 29.3 Å². The standard InChI is InChI=1S/C9H8ClNO3/c1-14-9(13)5-2-3-6(8(10)12)7(11)4-5/h2-4H,11H2,1H3. The van der Waals surface area contributed by atoms with E-state index in [-0.39, 0.29) is 16.8 Å². The summed E-state index contributed by atoms with van der Waals surface area (Å²) >= 11 is 5.24. The van der Waals surface area contributed by atoms with Gasteiger partial charge in [-0.2, -0.15) is 0 Å². The fourth-order valence-corrected chi connectivity index (χ4v) is 1.16. The minimum Gasteiger partial charge on any atom is -0.465 e. The number of nitrogens with two attached hydrogens (primary N) is 1. The van der Waals surface area contributed by atoms with E-state index in [0.29, 0.717) is 0 Å². The number of anilines is 1. The van der Waals surface area contributed by atoms with Gasteiger partial charge in [0, 0.05) is 5.69 Å². The minimum absolute atomic E-state index is 0.160. The molecule has 0 heterocycles. The van der Waals surface area contributed by atoms with Crippen molar-refractivity contribution in [1.29, 1.82) is 0 Å². The van der Waals surface area contributed by atoms with Crippen molar-refractivity contribution in [3.8, 4) is 0 Å². The van der Waals surface area contributed by atoms with E-state index in [1.54, 1.807) is 0 Å². The monoisotopic (exact) mass is 213 g/mol. The summed E-state index contributed by atoms with van der Waals surface area (Å²) in [5.41, 5.74) is 6.13. The third kappa shape index (κ3) is 2.03. The normalized spacial score (nSPS) is 9.57. The van der Waals surface area contributed by atoms with E-state index in [4.69, 9.17) is 17.3 Å². The van der Waals surface area contributed by atoms with Crippen LogP contribution in [0, 0.1) is 0 Å². The maximum atomic E-state index is 11.1. The first kappa shape index (κ1) is 10.5. The van der Waals surface area contributed by atoms with Gasteiger partial charge >= 0.3 is 5.97 Å². The first-order chi connectivity index (χ1) is 6.56. The number of hydrogen-bond acceptors (Lipinski definition) is 4. The molecule has 0 aliphatic rings. The predicted molar refractivity (Wildman–Crippen MR) is 52.4 cm³/mol. The van der Waals surface area contributed by atoms with E-state index in [1.807, 2.05) is 0 Å². The lowest BCUT2D eigenvalue weighted by molar-refractivity contribution is 0.0600. The van der Waals surface area contributed by atoms with Gasteiger partial charge in [0.05, 0.1) is 18.2 Å². The fourth-order valence-electron chi connectivity index (χ4n) is 0.987. The molecule has 0 amide bonds. The lowest BCUT2D eigenvalue weighted by Gasteiger charge is -2.03. The SMILES string of the molecule is COC(=O)c1ccc(C(=O)Cl)c(N)c1. The van der Waals surface area contributed by atoms with Gasteiger partial charge in [0.25, 0.3) is 5.24 Å². The number of ether oxygens (including phenoxy) is 1. The Balaban J connectivity index is 3.12. The van der Waals surface area contributed by atoms with Gasteiger partial charge in [0.1, 0.15) is 0 Å². The lowest BCUT2D eigenvalue weighted by atomic mass is 10.1.